The summed E-state index contributed by atoms with van der Waals surface area (Å²) in [6.07, 6.45) is 6.63. The Morgan fingerprint density at radius 1 is 1.41 bits per heavy atom. The van der Waals surface area contributed by atoms with Crippen molar-refractivity contribution in [2.75, 3.05) is 11.6 Å². The van der Waals surface area contributed by atoms with E-state index in [0.717, 1.165) is 18.4 Å². The lowest BCUT2D eigenvalue weighted by Gasteiger charge is -2.36. The van der Waals surface area contributed by atoms with E-state index in [0.29, 0.717) is 28.7 Å². The van der Waals surface area contributed by atoms with Gasteiger partial charge in [-0.25, -0.2) is 4.68 Å². The number of rotatable bonds is 6. The quantitative estimate of drug-likeness (QED) is 0.460. The molecule has 2 aromatic rings. The van der Waals surface area contributed by atoms with E-state index >= 15 is 0 Å². The van der Waals surface area contributed by atoms with Crippen LogP contribution in [0.2, 0.25) is 0 Å². The van der Waals surface area contributed by atoms with E-state index in [-0.39, 0.29) is 17.8 Å². The smallest absolute Gasteiger partial charge is 0.316 e. The van der Waals surface area contributed by atoms with E-state index in [1.807, 2.05) is 12.1 Å². The van der Waals surface area contributed by atoms with Crippen LogP contribution in [-0.4, -0.2) is 37.7 Å². The maximum absolute atomic E-state index is 12.4. The molecule has 0 spiro atoms. The number of carbonyl (C=O) groups is 1. The monoisotopic (exact) mass is 389 g/mol. The second kappa shape index (κ2) is 8.73. The molecule has 0 aromatic carbocycles. The van der Waals surface area contributed by atoms with Crippen molar-refractivity contribution in [3.63, 3.8) is 0 Å². The zero-order valence-electron chi connectivity index (χ0n) is 16.0. The second-order valence-corrected chi connectivity index (χ2v) is 8.50. The maximum Gasteiger partial charge on any atom is 0.316 e. The summed E-state index contributed by atoms with van der Waals surface area (Å²) in [6.45, 7) is 6.63. The summed E-state index contributed by atoms with van der Waals surface area (Å²) in [5, 5.41) is 8.66. The fourth-order valence-electron chi connectivity index (χ4n) is 3.64. The van der Waals surface area contributed by atoms with Crippen LogP contribution >= 0.6 is 11.8 Å². The van der Waals surface area contributed by atoms with Gasteiger partial charge in [0.15, 0.2) is 5.82 Å². The number of thioether (sulfide) groups is 1. The molecule has 1 aliphatic rings. The number of pyridine rings is 1. The zero-order valence-corrected chi connectivity index (χ0v) is 16.9. The Morgan fingerprint density at radius 3 is 2.93 bits per heavy atom. The van der Waals surface area contributed by atoms with Crippen LogP contribution in [0.1, 0.15) is 40.0 Å². The predicted molar refractivity (Wildman–Crippen MR) is 105 cm³/mol. The standard InChI is InChI=1S/C19H27N5O2S/c1-12(2)15-7-6-13(3)9-16(15)26-17(25)11-27-19-23-22-18(24(19)20)14-5-4-8-21-10-14/h4-5,8,10,12-13,15-16H,6-7,9,11,20H2,1-3H3/t13-,15+,16-/m1/s1. The van der Waals surface area contributed by atoms with Gasteiger partial charge in [-0.05, 0) is 42.7 Å². The number of aromatic nitrogens is 4. The third-order valence-electron chi connectivity index (χ3n) is 5.15. The van der Waals surface area contributed by atoms with Gasteiger partial charge in [0, 0.05) is 18.0 Å². The van der Waals surface area contributed by atoms with Gasteiger partial charge in [-0.15, -0.1) is 10.2 Å². The first-order valence-corrected chi connectivity index (χ1v) is 10.4. The molecular formula is C19H27N5O2S. The lowest BCUT2D eigenvalue weighted by Crippen LogP contribution is -2.36. The molecule has 27 heavy (non-hydrogen) atoms. The van der Waals surface area contributed by atoms with Crippen molar-refractivity contribution in [1.29, 1.82) is 0 Å². The summed E-state index contributed by atoms with van der Waals surface area (Å²) in [5.74, 6) is 8.07. The number of hydrogen-bond donors (Lipinski definition) is 1. The predicted octanol–water partition coefficient (Wildman–Crippen LogP) is 3.15. The van der Waals surface area contributed by atoms with Crippen molar-refractivity contribution in [3.8, 4) is 11.4 Å². The lowest BCUT2D eigenvalue weighted by atomic mass is 9.75. The van der Waals surface area contributed by atoms with Crippen molar-refractivity contribution < 1.29 is 9.53 Å². The van der Waals surface area contributed by atoms with Gasteiger partial charge in [0.05, 0.1) is 5.75 Å². The highest BCUT2D eigenvalue weighted by molar-refractivity contribution is 7.99. The number of carbonyl (C=O) groups excluding carboxylic acids is 1. The molecule has 3 rings (SSSR count). The zero-order chi connectivity index (χ0) is 19.4. The number of esters is 1. The molecule has 1 saturated carbocycles. The van der Waals surface area contributed by atoms with E-state index in [1.165, 1.54) is 22.9 Å². The maximum atomic E-state index is 12.4. The van der Waals surface area contributed by atoms with Gasteiger partial charge in [0.25, 0.3) is 0 Å². The number of nitrogen functional groups attached to an aromatic ring is 1. The molecule has 146 valence electrons. The molecule has 0 aliphatic heterocycles. The van der Waals surface area contributed by atoms with Gasteiger partial charge in [0.1, 0.15) is 6.10 Å². The molecule has 0 radical (unpaired) electrons. The highest BCUT2D eigenvalue weighted by Gasteiger charge is 2.33. The molecule has 7 nitrogen and oxygen atoms in total. The largest absolute Gasteiger partial charge is 0.461 e. The van der Waals surface area contributed by atoms with Crippen LogP contribution in [0.15, 0.2) is 29.7 Å². The molecule has 0 amide bonds. The topological polar surface area (TPSA) is 95.9 Å². The minimum absolute atomic E-state index is 0.00329. The number of ether oxygens (including phenoxy) is 1. The van der Waals surface area contributed by atoms with Crippen LogP contribution in [0.5, 0.6) is 0 Å². The van der Waals surface area contributed by atoms with Gasteiger partial charge in [0.2, 0.25) is 5.16 Å². The van der Waals surface area contributed by atoms with Crippen LogP contribution in [-0.2, 0) is 9.53 Å². The van der Waals surface area contributed by atoms with E-state index in [4.69, 9.17) is 10.6 Å². The van der Waals surface area contributed by atoms with Crippen molar-refractivity contribution in [3.05, 3.63) is 24.5 Å². The summed E-state index contributed by atoms with van der Waals surface area (Å²) in [7, 11) is 0. The highest BCUT2D eigenvalue weighted by Crippen LogP contribution is 2.35. The fourth-order valence-corrected chi connectivity index (χ4v) is 4.28. The Labute approximate surface area is 164 Å². The molecule has 8 heteroatoms. The molecule has 1 fully saturated rings. The number of nitrogens with two attached hydrogens (primary N) is 1. The summed E-state index contributed by atoms with van der Waals surface area (Å²) in [5.41, 5.74) is 0.776. The molecule has 1 aliphatic carbocycles. The van der Waals surface area contributed by atoms with Gasteiger partial charge in [-0.3, -0.25) is 9.78 Å². The van der Waals surface area contributed by atoms with Crippen LogP contribution in [0.4, 0.5) is 0 Å². The SMILES string of the molecule is CC(C)[C@@H]1CC[C@@H](C)C[C@H]1OC(=O)CSc1nnc(-c2cccnc2)n1N. The van der Waals surface area contributed by atoms with Crippen molar-refractivity contribution in [2.45, 2.75) is 51.3 Å². The van der Waals surface area contributed by atoms with Gasteiger partial charge in [-0.1, -0.05) is 39.0 Å². The molecule has 0 bridgehead atoms. The Kier molecular flexibility index (Phi) is 6.36. The van der Waals surface area contributed by atoms with E-state index in [9.17, 15) is 4.79 Å². The minimum atomic E-state index is -0.226. The lowest BCUT2D eigenvalue weighted by molar-refractivity contribution is -0.152. The average molecular weight is 390 g/mol. The van der Waals surface area contributed by atoms with E-state index in [1.54, 1.807) is 12.4 Å². The molecule has 0 unspecified atom stereocenters. The van der Waals surface area contributed by atoms with Crippen LogP contribution in [0, 0.1) is 17.8 Å². The Morgan fingerprint density at radius 2 is 2.22 bits per heavy atom. The molecule has 0 saturated heterocycles. The first kappa shape index (κ1) is 19.7. The normalized spacial score (nSPS) is 22.7. The van der Waals surface area contributed by atoms with Gasteiger partial charge >= 0.3 is 5.97 Å². The van der Waals surface area contributed by atoms with Crippen molar-refractivity contribution in [2.24, 2.45) is 17.8 Å². The summed E-state index contributed by atoms with van der Waals surface area (Å²) in [4.78, 5) is 16.5. The Bertz CT molecular complexity index is 765. The summed E-state index contributed by atoms with van der Waals surface area (Å²) in [6, 6.07) is 3.67. The molecule has 2 aromatic heterocycles. The molecule has 2 N–H and O–H groups in total. The first-order valence-electron chi connectivity index (χ1n) is 9.39. The van der Waals surface area contributed by atoms with Crippen molar-refractivity contribution >= 4 is 17.7 Å². The van der Waals surface area contributed by atoms with Gasteiger partial charge < -0.3 is 10.6 Å². The van der Waals surface area contributed by atoms with Crippen molar-refractivity contribution in [1.82, 2.24) is 19.9 Å². The fraction of sp³-hybridized carbons (Fsp3) is 0.579. The number of hydrogen-bond acceptors (Lipinski definition) is 7. The van der Waals surface area contributed by atoms with Crippen LogP contribution < -0.4 is 5.84 Å². The van der Waals surface area contributed by atoms with E-state index < -0.39 is 0 Å². The Hall–Kier alpha value is -2.09. The summed E-state index contributed by atoms with van der Waals surface area (Å²) >= 11 is 1.24. The molecule has 2 heterocycles. The summed E-state index contributed by atoms with van der Waals surface area (Å²) < 4.78 is 7.20. The molecule has 3 atom stereocenters. The third-order valence-corrected chi connectivity index (χ3v) is 6.06. The molecular weight excluding hydrogens is 362 g/mol. The highest BCUT2D eigenvalue weighted by atomic mass is 32.2. The first-order chi connectivity index (χ1) is 13.0. The van der Waals surface area contributed by atoms with Gasteiger partial charge in [-0.2, -0.15) is 0 Å². The van der Waals surface area contributed by atoms with Crippen LogP contribution in [0.25, 0.3) is 11.4 Å². The minimum Gasteiger partial charge on any atom is -0.461 e. The third kappa shape index (κ3) is 4.80. The van der Waals surface area contributed by atoms with Crippen LogP contribution in [0.3, 0.4) is 0 Å². The average Bonchev–Trinajstić information content (AvgIpc) is 3.01. The Balaban J connectivity index is 1.58. The second-order valence-electron chi connectivity index (χ2n) is 7.56. The van der Waals surface area contributed by atoms with E-state index in [2.05, 4.69) is 36.0 Å². The number of nitrogens with zero attached hydrogens (tertiary/aromatic N) is 4.